The van der Waals surface area contributed by atoms with E-state index in [2.05, 4.69) is 63.9 Å². The van der Waals surface area contributed by atoms with E-state index >= 15 is 0 Å². The Kier molecular flexibility index (Phi) is 11.9. The van der Waals surface area contributed by atoms with E-state index in [1.807, 2.05) is 31.7 Å². The van der Waals surface area contributed by atoms with Crippen molar-refractivity contribution < 1.29 is 38.1 Å². The SMILES string of the molecule is CC[C@H](C)C(NC(=O)OC)C(=O)N1[C@@H](C)CC[C@H]1c1nc2c(ccc3cc4c(cc32)OCc2cc(-c3cnc([C@@H]5C[C@H](C)CN5C(=O)C(NC(=O)OC)[C@@H](C)OC)[nH]3)ccc2-4)[nH]1. The molecular formula is C46H56N8O8. The molecule has 4 N–H and O–H groups in total. The quantitative estimate of drug-likeness (QED) is 0.106. The van der Waals surface area contributed by atoms with Crippen molar-refractivity contribution in [2.75, 3.05) is 27.9 Å². The molecule has 16 nitrogen and oxygen atoms in total. The first-order valence-corrected chi connectivity index (χ1v) is 21.5. The van der Waals surface area contributed by atoms with Crippen LogP contribution in [-0.4, -0.2) is 106 Å². The van der Waals surface area contributed by atoms with Crippen LogP contribution in [0.5, 0.6) is 5.75 Å². The summed E-state index contributed by atoms with van der Waals surface area (Å²) in [4.78, 5) is 73.0. The van der Waals surface area contributed by atoms with Crippen molar-refractivity contribution >= 4 is 45.8 Å². The number of carbonyl (C=O) groups is 4. The van der Waals surface area contributed by atoms with Crippen LogP contribution >= 0.6 is 0 Å². The van der Waals surface area contributed by atoms with Gasteiger partial charge >= 0.3 is 12.2 Å². The fourth-order valence-corrected chi connectivity index (χ4v) is 9.37. The number of methoxy groups -OCH3 is 3. The number of fused-ring (bicyclic) bond motifs is 6. The zero-order chi connectivity index (χ0) is 44.0. The van der Waals surface area contributed by atoms with E-state index in [1.165, 1.54) is 21.3 Å². The fourth-order valence-electron chi connectivity index (χ4n) is 9.37. The van der Waals surface area contributed by atoms with Crippen molar-refractivity contribution in [3.8, 4) is 28.1 Å². The van der Waals surface area contributed by atoms with Gasteiger partial charge in [-0.15, -0.1) is 0 Å². The number of carbonyl (C=O) groups excluding carboxylic acids is 4. The standard InChI is InChI=1S/C46H56N8O8/c1-9-24(3)38(51-45(57)60-7)44(56)54-25(4)10-15-35(54)42-48-33-14-12-27-18-32-30-13-11-28(17-29(30)22-62-37(32)19-31(27)40(33)50-42)34-20-47-41(49-34)36-16-23(2)21-53(36)43(55)39(26(5)59-6)52-46(58)61-8/h11-14,17-20,23-26,35-36,38-39H,9-10,15-16,21-22H2,1-8H3,(H,47,49)(H,48,50)(H,51,57)(H,52,58)/t23-,24-,25-,26+,35-,36-,38?,39?/m0/s1. The van der Waals surface area contributed by atoms with Gasteiger partial charge in [0.05, 0.1) is 55.3 Å². The number of imidazole rings is 2. The Hall–Kier alpha value is -6.16. The van der Waals surface area contributed by atoms with Crippen molar-refractivity contribution in [1.82, 2.24) is 40.4 Å². The number of aromatic nitrogens is 4. The molecule has 2 saturated heterocycles. The van der Waals surface area contributed by atoms with Gasteiger partial charge in [0.15, 0.2) is 0 Å². The molecule has 16 heteroatoms. The maximum Gasteiger partial charge on any atom is 0.407 e. The highest BCUT2D eigenvalue weighted by Gasteiger charge is 2.43. The van der Waals surface area contributed by atoms with Crippen LogP contribution in [0.3, 0.4) is 0 Å². The lowest BCUT2D eigenvalue weighted by atomic mass is 9.92. The molecule has 8 atom stereocenters. The zero-order valence-corrected chi connectivity index (χ0v) is 36.5. The summed E-state index contributed by atoms with van der Waals surface area (Å²) in [7, 11) is 4.06. The number of H-pyrrole nitrogens is 2. The third kappa shape index (κ3) is 7.80. The summed E-state index contributed by atoms with van der Waals surface area (Å²) in [6.45, 7) is 10.7. The van der Waals surface area contributed by atoms with Crippen LogP contribution in [0.15, 0.2) is 48.7 Å². The molecule has 3 aromatic carbocycles. The Morgan fingerprint density at radius 3 is 2.37 bits per heavy atom. The minimum absolute atomic E-state index is 0.0292. The summed E-state index contributed by atoms with van der Waals surface area (Å²) in [6, 6.07) is 12.4. The van der Waals surface area contributed by atoms with Gasteiger partial charge in [-0.05, 0) is 91.3 Å². The number of hydrogen-bond donors (Lipinski definition) is 4. The number of ether oxygens (including phenoxy) is 4. The molecular weight excluding hydrogens is 793 g/mol. The Morgan fingerprint density at radius 1 is 0.887 bits per heavy atom. The van der Waals surface area contributed by atoms with Crippen LogP contribution in [-0.2, 0) is 30.4 Å². The Morgan fingerprint density at radius 2 is 1.65 bits per heavy atom. The lowest BCUT2D eigenvalue weighted by molar-refractivity contribution is -0.138. The average molecular weight is 849 g/mol. The van der Waals surface area contributed by atoms with Gasteiger partial charge in [-0.1, -0.05) is 45.4 Å². The van der Waals surface area contributed by atoms with Gasteiger partial charge < -0.3 is 49.3 Å². The van der Waals surface area contributed by atoms with E-state index < -0.39 is 30.4 Å². The van der Waals surface area contributed by atoms with Gasteiger partial charge in [0.2, 0.25) is 11.8 Å². The van der Waals surface area contributed by atoms with Gasteiger partial charge in [0.1, 0.15) is 36.1 Å². The van der Waals surface area contributed by atoms with Crippen LogP contribution in [0.1, 0.15) is 89.6 Å². The third-order valence-corrected chi connectivity index (χ3v) is 13.1. The lowest BCUT2D eigenvalue weighted by Gasteiger charge is -2.33. The summed E-state index contributed by atoms with van der Waals surface area (Å²) in [5, 5.41) is 7.39. The molecule has 2 unspecified atom stereocenters. The molecule has 0 radical (unpaired) electrons. The predicted octanol–water partition coefficient (Wildman–Crippen LogP) is 7.16. The molecule has 0 aliphatic carbocycles. The summed E-state index contributed by atoms with van der Waals surface area (Å²) >= 11 is 0. The molecule has 2 aromatic heterocycles. The number of aromatic amines is 2. The van der Waals surface area contributed by atoms with E-state index in [4.69, 9.17) is 28.9 Å². The number of hydrogen-bond acceptors (Lipinski definition) is 10. The molecule has 3 aliphatic heterocycles. The van der Waals surface area contributed by atoms with Crippen molar-refractivity contribution in [3.05, 3.63) is 65.9 Å². The van der Waals surface area contributed by atoms with Gasteiger partial charge in [-0.25, -0.2) is 19.6 Å². The molecule has 62 heavy (non-hydrogen) atoms. The fraction of sp³-hybridized carbons (Fsp3) is 0.478. The highest BCUT2D eigenvalue weighted by Crippen LogP contribution is 2.44. The average Bonchev–Trinajstić information content (AvgIpc) is 4.11. The van der Waals surface area contributed by atoms with E-state index in [-0.39, 0.29) is 41.8 Å². The second kappa shape index (κ2) is 17.3. The number of likely N-dealkylation sites (tertiary alicyclic amines) is 2. The maximum absolute atomic E-state index is 14.1. The van der Waals surface area contributed by atoms with E-state index in [0.29, 0.717) is 37.6 Å². The number of benzene rings is 3. The molecule has 5 aromatic rings. The second-order valence-electron chi connectivity index (χ2n) is 17.1. The number of nitrogens with zero attached hydrogens (tertiary/aromatic N) is 4. The number of rotatable bonds is 11. The first kappa shape index (κ1) is 42.5. The van der Waals surface area contributed by atoms with E-state index in [9.17, 15) is 19.2 Å². The lowest BCUT2D eigenvalue weighted by Crippen LogP contribution is -2.54. The molecule has 2 fully saturated rings. The summed E-state index contributed by atoms with van der Waals surface area (Å²) in [5.74, 6) is 1.89. The summed E-state index contributed by atoms with van der Waals surface area (Å²) < 4.78 is 21.5. The van der Waals surface area contributed by atoms with Gasteiger partial charge in [-0.2, -0.15) is 0 Å². The predicted molar refractivity (Wildman–Crippen MR) is 232 cm³/mol. The van der Waals surface area contributed by atoms with Gasteiger partial charge in [0, 0.05) is 30.6 Å². The largest absolute Gasteiger partial charge is 0.488 e. The van der Waals surface area contributed by atoms with Crippen molar-refractivity contribution in [2.45, 2.75) is 103 Å². The first-order valence-electron chi connectivity index (χ1n) is 21.5. The molecule has 328 valence electrons. The minimum atomic E-state index is -0.922. The molecule has 0 bridgehead atoms. The zero-order valence-electron chi connectivity index (χ0n) is 36.5. The normalized spacial score (nSPS) is 21.4. The third-order valence-electron chi connectivity index (χ3n) is 13.1. The van der Waals surface area contributed by atoms with Crippen LogP contribution in [0.4, 0.5) is 9.59 Å². The van der Waals surface area contributed by atoms with Crippen LogP contribution in [0.25, 0.3) is 44.2 Å². The van der Waals surface area contributed by atoms with E-state index in [1.54, 1.807) is 18.0 Å². The molecule has 0 spiro atoms. The Labute approximate surface area is 360 Å². The molecule has 0 saturated carbocycles. The van der Waals surface area contributed by atoms with E-state index in [0.717, 1.165) is 68.3 Å². The van der Waals surface area contributed by atoms with Crippen LogP contribution < -0.4 is 15.4 Å². The highest BCUT2D eigenvalue weighted by atomic mass is 16.5. The maximum atomic E-state index is 14.1. The first-order chi connectivity index (χ1) is 29.8. The molecule has 3 aliphatic rings. The molecule has 4 amide bonds. The van der Waals surface area contributed by atoms with Crippen molar-refractivity contribution in [2.24, 2.45) is 11.8 Å². The minimum Gasteiger partial charge on any atom is -0.488 e. The smallest absolute Gasteiger partial charge is 0.407 e. The number of amides is 4. The van der Waals surface area contributed by atoms with Crippen molar-refractivity contribution in [3.63, 3.8) is 0 Å². The Bertz CT molecular complexity index is 2520. The van der Waals surface area contributed by atoms with Gasteiger partial charge in [0.25, 0.3) is 0 Å². The second-order valence-corrected chi connectivity index (χ2v) is 17.1. The van der Waals surface area contributed by atoms with Crippen LogP contribution in [0.2, 0.25) is 0 Å². The molecule has 5 heterocycles. The van der Waals surface area contributed by atoms with Crippen LogP contribution in [0, 0.1) is 11.8 Å². The number of alkyl carbamates (subject to hydrolysis) is 2. The summed E-state index contributed by atoms with van der Waals surface area (Å²) in [5.41, 5.74) is 6.51. The van der Waals surface area contributed by atoms with Gasteiger partial charge in [-0.3, -0.25) is 9.59 Å². The molecule has 8 rings (SSSR count). The topological polar surface area (TPSA) is 193 Å². The van der Waals surface area contributed by atoms with Crippen molar-refractivity contribution in [1.29, 1.82) is 0 Å². The monoisotopic (exact) mass is 848 g/mol. The highest BCUT2D eigenvalue weighted by molar-refractivity contribution is 6.07. The summed E-state index contributed by atoms with van der Waals surface area (Å²) in [6.07, 6.45) is 2.89. The Balaban J connectivity index is 1.04. The number of nitrogens with one attached hydrogen (secondary N) is 4.